The number of rotatable bonds is 9. The molecule has 0 unspecified atom stereocenters. The molecule has 0 radical (unpaired) electrons. The molecule has 3 rings (SSSR count). The van der Waals surface area contributed by atoms with Crippen molar-refractivity contribution in [1.82, 2.24) is 9.78 Å². The number of nitrogens with one attached hydrogen (secondary N) is 1. The van der Waals surface area contributed by atoms with Crippen molar-refractivity contribution in [2.75, 3.05) is 25.1 Å². The van der Waals surface area contributed by atoms with E-state index >= 15 is 0 Å². The van der Waals surface area contributed by atoms with Crippen LogP contribution in [0.5, 0.6) is 11.5 Å². The van der Waals surface area contributed by atoms with Crippen LogP contribution in [0.4, 0.5) is 5.69 Å². The maximum absolute atomic E-state index is 12.6. The summed E-state index contributed by atoms with van der Waals surface area (Å²) in [5, 5.41) is 6.80. The predicted octanol–water partition coefficient (Wildman–Crippen LogP) is 3.59. The molecule has 0 saturated carbocycles. The van der Waals surface area contributed by atoms with Crippen molar-refractivity contribution in [3.05, 3.63) is 75.1 Å². The predicted molar refractivity (Wildman–Crippen MR) is 125 cm³/mol. The Morgan fingerprint density at radius 1 is 1.03 bits per heavy atom. The van der Waals surface area contributed by atoms with Crippen LogP contribution < -0.4 is 20.3 Å². The van der Waals surface area contributed by atoms with Crippen LogP contribution in [0.3, 0.4) is 0 Å². The molecular weight excluding hydrogens is 494 g/mol. The number of amides is 1. The van der Waals surface area contributed by atoms with Gasteiger partial charge in [0.05, 0.1) is 25.0 Å². The Hall–Kier alpha value is -3.66. The summed E-state index contributed by atoms with van der Waals surface area (Å²) in [4.78, 5) is 37.4. The van der Waals surface area contributed by atoms with Crippen LogP contribution in [0.2, 0.25) is 0 Å². The van der Waals surface area contributed by atoms with Crippen molar-refractivity contribution in [2.45, 2.75) is 13.8 Å². The van der Waals surface area contributed by atoms with Gasteiger partial charge in [0.25, 0.3) is 11.5 Å². The first-order chi connectivity index (χ1) is 15.9. The molecule has 0 saturated heterocycles. The molecular formula is C23H22BrN3O6. The maximum atomic E-state index is 12.6. The summed E-state index contributed by atoms with van der Waals surface area (Å²) in [7, 11) is 0. The van der Waals surface area contributed by atoms with E-state index in [1.807, 2.05) is 6.92 Å². The fraction of sp³-hybridized carbons (Fsp3) is 0.217. The van der Waals surface area contributed by atoms with Crippen LogP contribution in [0, 0.1) is 0 Å². The molecule has 10 heteroatoms. The van der Waals surface area contributed by atoms with Crippen molar-refractivity contribution in [1.29, 1.82) is 0 Å². The van der Waals surface area contributed by atoms with Gasteiger partial charge in [-0.2, -0.15) is 9.78 Å². The van der Waals surface area contributed by atoms with E-state index in [-0.39, 0.29) is 18.1 Å². The zero-order valence-corrected chi connectivity index (χ0v) is 19.6. The molecule has 1 heterocycles. The Balaban J connectivity index is 1.79. The number of esters is 1. The van der Waals surface area contributed by atoms with Crippen molar-refractivity contribution in [3.63, 3.8) is 0 Å². The second kappa shape index (κ2) is 11.3. The fourth-order valence-electron chi connectivity index (χ4n) is 2.83. The normalized spacial score (nSPS) is 10.4. The first kappa shape index (κ1) is 24.0. The molecule has 0 atom stereocenters. The third-order valence-electron chi connectivity index (χ3n) is 4.23. The van der Waals surface area contributed by atoms with Gasteiger partial charge in [-0.05, 0) is 56.3 Å². The number of nitrogens with zero attached hydrogens (tertiary/aromatic N) is 2. The average Bonchev–Trinajstić information content (AvgIpc) is 2.79. The van der Waals surface area contributed by atoms with E-state index in [0.29, 0.717) is 23.7 Å². The molecule has 0 aliphatic rings. The highest BCUT2D eigenvalue weighted by molar-refractivity contribution is 9.10. The van der Waals surface area contributed by atoms with Crippen LogP contribution in [0.25, 0.3) is 5.69 Å². The Kier molecular flexibility index (Phi) is 8.20. The number of hydrogen-bond donors (Lipinski definition) is 1. The van der Waals surface area contributed by atoms with Gasteiger partial charge in [0.2, 0.25) is 5.69 Å². The van der Waals surface area contributed by atoms with E-state index in [1.165, 1.54) is 0 Å². The monoisotopic (exact) mass is 515 g/mol. The van der Waals surface area contributed by atoms with Gasteiger partial charge in [0.15, 0.2) is 12.4 Å². The molecule has 0 aliphatic carbocycles. The van der Waals surface area contributed by atoms with Gasteiger partial charge >= 0.3 is 5.97 Å². The smallest absolute Gasteiger partial charge is 0.362 e. The third-order valence-corrected chi connectivity index (χ3v) is 4.72. The van der Waals surface area contributed by atoms with E-state index < -0.39 is 24.0 Å². The lowest BCUT2D eigenvalue weighted by atomic mass is 10.3. The minimum atomic E-state index is -0.775. The molecule has 1 aromatic heterocycles. The van der Waals surface area contributed by atoms with Gasteiger partial charge < -0.3 is 19.5 Å². The topological polar surface area (TPSA) is 109 Å². The van der Waals surface area contributed by atoms with Crippen molar-refractivity contribution in [3.8, 4) is 17.2 Å². The highest BCUT2D eigenvalue weighted by Gasteiger charge is 2.20. The zero-order chi connectivity index (χ0) is 23.8. The average molecular weight is 516 g/mol. The number of ether oxygens (including phenoxy) is 3. The lowest BCUT2D eigenvalue weighted by molar-refractivity contribution is -0.118. The van der Waals surface area contributed by atoms with E-state index in [9.17, 15) is 14.4 Å². The van der Waals surface area contributed by atoms with Gasteiger partial charge in [-0.15, -0.1) is 0 Å². The summed E-state index contributed by atoms with van der Waals surface area (Å²) in [6.07, 6.45) is 0. The second-order valence-electron chi connectivity index (χ2n) is 6.60. The minimum absolute atomic E-state index is 0.105. The molecule has 3 aromatic rings. The van der Waals surface area contributed by atoms with E-state index in [0.717, 1.165) is 15.2 Å². The van der Waals surface area contributed by atoms with Crippen LogP contribution >= 0.6 is 15.9 Å². The Labute approximate surface area is 198 Å². The molecule has 1 N–H and O–H groups in total. The number of halogens is 1. The number of benzene rings is 2. The summed E-state index contributed by atoms with van der Waals surface area (Å²) < 4.78 is 17.7. The molecule has 172 valence electrons. The highest BCUT2D eigenvalue weighted by Crippen LogP contribution is 2.19. The molecule has 0 spiro atoms. The van der Waals surface area contributed by atoms with Gasteiger partial charge in [-0.1, -0.05) is 22.0 Å². The van der Waals surface area contributed by atoms with Gasteiger partial charge in [-0.3, -0.25) is 9.59 Å². The van der Waals surface area contributed by atoms with Crippen LogP contribution in [0.1, 0.15) is 24.3 Å². The molecule has 33 heavy (non-hydrogen) atoms. The van der Waals surface area contributed by atoms with Crippen LogP contribution in [-0.4, -0.2) is 41.5 Å². The molecule has 1 amide bonds. The largest absolute Gasteiger partial charge is 0.494 e. The zero-order valence-electron chi connectivity index (χ0n) is 18.0. The summed E-state index contributed by atoms with van der Waals surface area (Å²) >= 11 is 3.34. The summed E-state index contributed by atoms with van der Waals surface area (Å²) in [6, 6.07) is 14.8. The maximum Gasteiger partial charge on any atom is 0.362 e. The van der Waals surface area contributed by atoms with E-state index in [1.54, 1.807) is 55.5 Å². The molecule has 2 aromatic carbocycles. The molecule has 0 fully saturated rings. The van der Waals surface area contributed by atoms with Crippen molar-refractivity contribution < 1.29 is 23.8 Å². The molecule has 9 nitrogen and oxygen atoms in total. The Morgan fingerprint density at radius 3 is 2.45 bits per heavy atom. The molecule has 0 bridgehead atoms. The summed E-state index contributed by atoms with van der Waals surface area (Å²) in [5.41, 5.74) is 0.231. The van der Waals surface area contributed by atoms with Crippen molar-refractivity contribution in [2.24, 2.45) is 0 Å². The SMILES string of the molecule is CCOC(=O)c1nn(-c2cccc(Br)c2)c(=O)cc1OCC(=O)Nc1ccc(OCC)cc1. The standard InChI is InChI=1S/C23H22BrN3O6/c1-3-31-18-10-8-16(9-11-18)25-20(28)14-33-19-13-21(29)27(17-7-5-6-15(24)12-17)26-22(19)23(30)32-4-2/h5-13H,3-4,14H2,1-2H3,(H,25,28). The number of anilines is 1. The van der Waals surface area contributed by atoms with Gasteiger partial charge in [-0.25, -0.2) is 4.79 Å². The number of aromatic nitrogens is 2. The van der Waals surface area contributed by atoms with Crippen molar-refractivity contribution >= 4 is 33.5 Å². The van der Waals surface area contributed by atoms with Crippen LogP contribution in [0.15, 0.2) is 63.9 Å². The fourth-order valence-corrected chi connectivity index (χ4v) is 3.21. The molecule has 0 aliphatic heterocycles. The first-order valence-corrected chi connectivity index (χ1v) is 10.9. The quantitative estimate of drug-likeness (QED) is 0.433. The lowest BCUT2D eigenvalue weighted by Gasteiger charge is -2.13. The highest BCUT2D eigenvalue weighted by atomic mass is 79.9. The first-order valence-electron chi connectivity index (χ1n) is 10.1. The minimum Gasteiger partial charge on any atom is -0.494 e. The summed E-state index contributed by atoms with van der Waals surface area (Å²) in [5.74, 6) is -0.720. The summed E-state index contributed by atoms with van der Waals surface area (Å²) in [6.45, 7) is 3.73. The van der Waals surface area contributed by atoms with E-state index in [2.05, 4.69) is 26.3 Å². The lowest BCUT2D eigenvalue weighted by Crippen LogP contribution is -2.27. The number of carbonyl (C=O) groups is 2. The van der Waals surface area contributed by atoms with E-state index in [4.69, 9.17) is 14.2 Å². The Morgan fingerprint density at radius 2 is 1.79 bits per heavy atom. The second-order valence-corrected chi connectivity index (χ2v) is 7.52. The third kappa shape index (κ3) is 6.42. The Bertz CT molecular complexity index is 1190. The van der Waals surface area contributed by atoms with Gasteiger partial charge in [0.1, 0.15) is 5.75 Å². The number of hydrogen-bond acceptors (Lipinski definition) is 7. The van der Waals surface area contributed by atoms with Gasteiger partial charge in [0, 0.05) is 10.2 Å². The van der Waals surface area contributed by atoms with Crippen LogP contribution in [-0.2, 0) is 9.53 Å². The number of carbonyl (C=O) groups excluding carboxylic acids is 2.